The van der Waals surface area contributed by atoms with Gasteiger partial charge in [-0.3, -0.25) is 4.79 Å². The fraction of sp³-hybridized carbons (Fsp3) is 0.364. The molecular formula is C11H16N2O. The maximum atomic E-state index is 11.2. The van der Waals surface area contributed by atoms with Crippen LogP contribution < -0.4 is 11.1 Å². The van der Waals surface area contributed by atoms with Gasteiger partial charge in [-0.2, -0.15) is 0 Å². The molecule has 1 rings (SSSR count). The van der Waals surface area contributed by atoms with Crippen LogP contribution >= 0.6 is 0 Å². The molecule has 0 bridgehead atoms. The number of benzene rings is 1. The molecule has 0 saturated carbocycles. The summed E-state index contributed by atoms with van der Waals surface area (Å²) in [6, 6.07) is 3.78. The molecule has 0 aliphatic rings. The lowest BCUT2D eigenvalue weighted by molar-refractivity contribution is -0.115. The molecule has 0 unspecified atom stereocenters. The van der Waals surface area contributed by atoms with Crippen molar-refractivity contribution in [3.05, 3.63) is 23.3 Å². The lowest BCUT2D eigenvalue weighted by Crippen LogP contribution is -2.11. The minimum atomic E-state index is 0.0105. The van der Waals surface area contributed by atoms with E-state index in [2.05, 4.69) is 5.32 Å². The first-order valence-corrected chi connectivity index (χ1v) is 4.71. The highest BCUT2D eigenvalue weighted by molar-refractivity contribution is 5.91. The Labute approximate surface area is 84.3 Å². The van der Waals surface area contributed by atoms with Crippen molar-refractivity contribution in [1.82, 2.24) is 0 Å². The number of nitrogen functional groups attached to an aromatic ring is 1. The summed E-state index contributed by atoms with van der Waals surface area (Å²) in [5.74, 6) is 0.0105. The molecule has 1 amide bonds. The molecule has 1 aromatic carbocycles. The summed E-state index contributed by atoms with van der Waals surface area (Å²) in [4.78, 5) is 11.2. The lowest BCUT2D eigenvalue weighted by atomic mass is 10.1. The van der Waals surface area contributed by atoms with Crippen LogP contribution in [0.2, 0.25) is 0 Å². The van der Waals surface area contributed by atoms with Crippen LogP contribution in [0.1, 0.15) is 24.5 Å². The Morgan fingerprint density at radius 2 is 2.00 bits per heavy atom. The van der Waals surface area contributed by atoms with Crippen molar-refractivity contribution in [3.63, 3.8) is 0 Å². The Morgan fingerprint density at radius 3 is 2.57 bits per heavy atom. The van der Waals surface area contributed by atoms with Gasteiger partial charge in [-0.05, 0) is 31.0 Å². The summed E-state index contributed by atoms with van der Waals surface area (Å²) >= 11 is 0. The van der Waals surface area contributed by atoms with E-state index < -0.39 is 0 Å². The fourth-order valence-corrected chi connectivity index (χ4v) is 1.24. The summed E-state index contributed by atoms with van der Waals surface area (Å²) in [5.41, 5.74) is 9.35. The molecule has 0 atom stereocenters. The number of hydrogen-bond donors (Lipinski definition) is 2. The average molecular weight is 192 g/mol. The first-order valence-electron chi connectivity index (χ1n) is 4.71. The van der Waals surface area contributed by atoms with Crippen molar-refractivity contribution in [2.45, 2.75) is 27.2 Å². The standard InChI is InChI=1S/C11H16N2O/c1-4-11(14)13-10-6-9(12)7(2)5-8(10)3/h5-6H,4,12H2,1-3H3,(H,13,14). The van der Waals surface area contributed by atoms with Gasteiger partial charge < -0.3 is 11.1 Å². The van der Waals surface area contributed by atoms with Gasteiger partial charge in [0.2, 0.25) is 5.91 Å². The largest absolute Gasteiger partial charge is 0.398 e. The number of amides is 1. The summed E-state index contributed by atoms with van der Waals surface area (Å²) in [6.07, 6.45) is 0.479. The number of anilines is 2. The van der Waals surface area contributed by atoms with Crippen LogP contribution in [0.3, 0.4) is 0 Å². The first kappa shape index (κ1) is 10.6. The van der Waals surface area contributed by atoms with Gasteiger partial charge in [0, 0.05) is 17.8 Å². The van der Waals surface area contributed by atoms with Crippen LogP contribution in [-0.2, 0) is 4.79 Å². The monoisotopic (exact) mass is 192 g/mol. The number of nitrogens with two attached hydrogens (primary N) is 1. The molecule has 3 N–H and O–H groups in total. The zero-order chi connectivity index (χ0) is 10.7. The highest BCUT2D eigenvalue weighted by Crippen LogP contribution is 2.22. The molecule has 0 aliphatic heterocycles. The van der Waals surface area contributed by atoms with Crippen LogP contribution in [0, 0.1) is 13.8 Å². The van der Waals surface area contributed by atoms with Crippen molar-refractivity contribution in [1.29, 1.82) is 0 Å². The normalized spacial score (nSPS) is 9.93. The Bertz CT molecular complexity index is 359. The van der Waals surface area contributed by atoms with Crippen LogP contribution in [0.5, 0.6) is 0 Å². The maximum absolute atomic E-state index is 11.2. The van der Waals surface area contributed by atoms with Gasteiger partial charge in [0.15, 0.2) is 0 Å². The number of aryl methyl sites for hydroxylation is 2. The second-order valence-electron chi connectivity index (χ2n) is 3.43. The second-order valence-corrected chi connectivity index (χ2v) is 3.43. The highest BCUT2D eigenvalue weighted by Gasteiger charge is 2.04. The quantitative estimate of drug-likeness (QED) is 0.706. The van der Waals surface area contributed by atoms with E-state index in [1.54, 1.807) is 6.07 Å². The van der Waals surface area contributed by atoms with Gasteiger partial charge in [0.25, 0.3) is 0 Å². The average Bonchev–Trinajstić information content (AvgIpc) is 2.14. The molecule has 0 fully saturated rings. The molecule has 14 heavy (non-hydrogen) atoms. The van der Waals surface area contributed by atoms with Gasteiger partial charge in [0.1, 0.15) is 0 Å². The van der Waals surface area contributed by atoms with E-state index >= 15 is 0 Å². The third-order valence-electron chi connectivity index (χ3n) is 2.21. The predicted molar refractivity (Wildman–Crippen MR) is 59.2 cm³/mol. The molecule has 0 heterocycles. The van der Waals surface area contributed by atoms with Crippen molar-refractivity contribution >= 4 is 17.3 Å². The topological polar surface area (TPSA) is 55.1 Å². The van der Waals surface area contributed by atoms with E-state index in [4.69, 9.17) is 5.73 Å². The SMILES string of the molecule is CCC(=O)Nc1cc(N)c(C)cc1C. The zero-order valence-electron chi connectivity index (χ0n) is 8.85. The Balaban J connectivity index is 2.98. The maximum Gasteiger partial charge on any atom is 0.224 e. The predicted octanol–water partition coefficient (Wildman–Crippen LogP) is 2.23. The van der Waals surface area contributed by atoms with Crippen LogP contribution in [-0.4, -0.2) is 5.91 Å². The van der Waals surface area contributed by atoms with E-state index in [1.807, 2.05) is 26.8 Å². The van der Waals surface area contributed by atoms with Gasteiger partial charge in [0.05, 0.1) is 0 Å². The zero-order valence-corrected chi connectivity index (χ0v) is 8.85. The van der Waals surface area contributed by atoms with E-state index in [1.165, 1.54) is 0 Å². The number of nitrogens with one attached hydrogen (secondary N) is 1. The van der Waals surface area contributed by atoms with E-state index in [0.717, 1.165) is 16.8 Å². The van der Waals surface area contributed by atoms with Crippen LogP contribution in [0.4, 0.5) is 11.4 Å². The summed E-state index contributed by atoms with van der Waals surface area (Å²) in [6.45, 7) is 5.73. The molecule has 0 aromatic heterocycles. The van der Waals surface area contributed by atoms with E-state index in [9.17, 15) is 4.79 Å². The van der Waals surface area contributed by atoms with E-state index in [-0.39, 0.29) is 5.91 Å². The first-order chi connectivity index (χ1) is 6.54. The third kappa shape index (κ3) is 2.25. The summed E-state index contributed by atoms with van der Waals surface area (Å²) in [7, 11) is 0. The number of carbonyl (C=O) groups excluding carboxylic acids is 1. The minimum absolute atomic E-state index is 0.0105. The molecule has 0 radical (unpaired) electrons. The summed E-state index contributed by atoms with van der Waals surface area (Å²) in [5, 5.41) is 2.81. The Kier molecular flexibility index (Phi) is 3.12. The van der Waals surface area contributed by atoms with Crippen molar-refractivity contribution in [2.24, 2.45) is 0 Å². The number of hydrogen-bond acceptors (Lipinski definition) is 2. The Morgan fingerprint density at radius 1 is 1.36 bits per heavy atom. The van der Waals surface area contributed by atoms with Gasteiger partial charge >= 0.3 is 0 Å². The highest BCUT2D eigenvalue weighted by atomic mass is 16.1. The van der Waals surface area contributed by atoms with Gasteiger partial charge in [-0.1, -0.05) is 13.0 Å². The van der Waals surface area contributed by atoms with Crippen LogP contribution in [0.15, 0.2) is 12.1 Å². The van der Waals surface area contributed by atoms with Gasteiger partial charge in [-0.15, -0.1) is 0 Å². The molecule has 76 valence electrons. The Hall–Kier alpha value is -1.51. The lowest BCUT2D eigenvalue weighted by Gasteiger charge is -2.10. The second kappa shape index (κ2) is 4.13. The molecule has 0 spiro atoms. The number of carbonyl (C=O) groups is 1. The van der Waals surface area contributed by atoms with E-state index in [0.29, 0.717) is 12.1 Å². The molecule has 0 saturated heterocycles. The van der Waals surface area contributed by atoms with Gasteiger partial charge in [-0.25, -0.2) is 0 Å². The molecule has 3 nitrogen and oxygen atoms in total. The molecular weight excluding hydrogens is 176 g/mol. The fourth-order valence-electron chi connectivity index (χ4n) is 1.24. The van der Waals surface area contributed by atoms with Crippen molar-refractivity contribution < 1.29 is 4.79 Å². The number of rotatable bonds is 2. The minimum Gasteiger partial charge on any atom is -0.398 e. The summed E-state index contributed by atoms with van der Waals surface area (Å²) < 4.78 is 0. The smallest absolute Gasteiger partial charge is 0.224 e. The third-order valence-corrected chi connectivity index (χ3v) is 2.21. The molecule has 0 aliphatic carbocycles. The van der Waals surface area contributed by atoms with Crippen molar-refractivity contribution in [2.75, 3.05) is 11.1 Å². The molecule has 1 aromatic rings. The molecule has 3 heteroatoms. The van der Waals surface area contributed by atoms with Crippen molar-refractivity contribution in [3.8, 4) is 0 Å². The van der Waals surface area contributed by atoms with Crippen LogP contribution in [0.25, 0.3) is 0 Å².